The third-order valence-electron chi connectivity index (χ3n) is 4.82. The number of nitrogens with one attached hydrogen (secondary N) is 1. The van der Waals surface area contributed by atoms with Crippen molar-refractivity contribution >= 4 is 0 Å². The molecule has 0 spiro atoms. The standard InChI is InChI=1S/C16H23NO/c1-2-18-15-7-3-5-13(11-15)16-8-4-6-14(16)12-17-10-9-16/h3,5,7,11,14,17H,2,4,6,8-10,12H2,1H3. The van der Waals surface area contributed by atoms with Gasteiger partial charge < -0.3 is 10.1 Å². The Morgan fingerprint density at radius 3 is 3.22 bits per heavy atom. The predicted octanol–water partition coefficient (Wildman–Crippen LogP) is 3.12. The molecule has 1 aliphatic heterocycles. The quantitative estimate of drug-likeness (QED) is 0.883. The number of fused-ring (bicyclic) bond motifs is 1. The Morgan fingerprint density at radius 2 is 2.33 bits per heavy atom. The minimum atomic E-state index is 0.429. The van der Waals surface area contributed by atoms with Crippen molar-refractivity contribution in [3.63, 3.8) is 0 Å². The third kappa shape index (κ3) is 1.93. The van der Waals surface area contributed by atoms with Crippen molar-refractivity contribution in [2.45, 2.75) is 38.0 Å². The van der Waals surface area contributed by atoms with Gasteiger partial charge in [-0.15, -0.1) is 0 Å². The van der Waals surface area contributed by atoms with Gasteiger partial charge in [-0.1, -0.05) is 18.6 Å². The lowest BCUT2D eigenvalue weighted by atomic mass is 9.68. The van der Waals surface area contributed by atoms with E-state index in [1.54, 1.807) is 0 Å². The second-order valence-corrected chi connectivity index (χ2v) is 5.66. The Balaban J connectivity index is 1.94. The number of piperidine rings is 1. The normalized spacial score (nSPS) is 31.1. The fraction of sp³-hybridized carbons (Fsp3) is 0.625. The summed E-state index contributed by atoms with van der Waals surface area (Å²) in [5, 5.41) is 3.56. The molecule has 1 saturated heterocycles. The van der Waals surface area contributed by atoms with E-state index in [4.69, 9.17) is 4.74 Å². The van der Waals surface area contributed by atoms with Crippen LogP contribution in [-0.2, 0) is 5.41 Å². The van der Waals surface area contributed by atoms with E-state index in [9.17, 15) is 0 Å². The number of ether oxygens (including phenoxy) is 1. The summed E-state index contributed by atoms with van der Waals surface area (Å²) in [6.07, 6.45) is 5.40. The fourth-order valence-corrected chi connectivity index (χ4v) is 3.95. The lowest BCUT2D eigenvalue weighted by molar-refractivity contribution is 0.236. The van der Waals surface area contributed by atoms with Crippen molar-refractivity contribution in [2.24, 2.45) is 5.92 Å². The molecule has 0 bridgehead atoms. The summed E-state index contributed by atoms with van der Waals surface area (Å²) in [5.41, 5.74) is 1.94. The largest absolute Gasteiger partial charge is 0.494 e. The van der Waals surface area contributed by atoms with E-state index in [1.165, 1.54) is 37.8 Å². The van der Waals surface area contributed by atoms with Gasteiger partial charge >= 0.3 is 0 Å². The van der Waals surface area contributed by atoms with Gasteiger partial charge in [-0.3, -0.25) is 0 Å². The molecule has 0 radical (unpaired) electrons. The first-order valence-electron chi connectivity index (χ1n) is 7.29. The van der Waals surface area contributed by atoms with Gasteiger partial charge in [0.25, 0.3) is 0 Å². The van der Waals surface area contributed by atoms with Crippen LogP contribution in [0.3, 0.4) is 0 Å². The van der Waals surface area contributed by atoms with Crippen LogP contribution in [0.25, 0.3) is 0 Å². The molecular weight excluding hydrogens is 222 g/mol. The Hall–Kier alpha value is -1.02. The van der Waals surface area contributed by atoms with Gasteiger partial charge in [0.1, 0.15) is 5.75 Å². The SMILES string of the molecule is CCOc1cccc(C23CCCC2CNCC3)c1. The Kier molecular flexibility index (Phi) is 3.29. The van der Waals surface area contributed by atoms with E-state index in [-0.39, 0.29) is 0 Å². The van der Waals surface area contributed by atoms with Gasteiger partial charge in [-0.05, 0) is 62.9 Å². The zero-order valence-corrected chi connectivity index (χ0v) is 11.2. The van der Waals surface area contributed by atoms with E-state index in [0.29, 0.717) is 5.41 Å². The minimum absolute atomic E-state index is 0.429. The number of hydrogen-bond donors (Lipinski definition) is 1. The lowest BCUT2D eigenvalue weighted by Crippen LogP contribution is -2.44. The highest BCUT2D eigenvalue weighted by atomic mass is 16.5. The number of hydrogen-bond acceptors (Lipinski definition) is 2. The monoisotopic (exact) mass is 245 g/mol. The molecule has 2 atom stereocenters. The fourth-order valence-electron chi connectivity index (χ4n) is 3.95. The van der Waals surface area contributed by atoms with E-state index in [0.717, 1.165) is 24.8 Å². The molecule has 0 aromatic heterocycles. The molecule has 1 aromatic rings. The molecule has 1 N–H and O–H groups in total. The number of rotatable bonds is 3. The molecule has 2 aliphatic rings. The summed E-state index contributed by atoms with van der Waals surface area (Å²) >= 11 is 0. The highest BCUT2D eigenvalue weighted by Gasteiger charge is 2.45. The van der Waals surface area contributed by atoms with Crippen LogP contribution < -0.4 is 10.1 Å². The maximum atomic E-state index is 5.67. The van der Waals surface area contributed by atoms with Crippen LogP contribution in [0.1, 0.15) is 38.2 Å². The average molecular weight is 245 g/mol. The first-order valence-corrected chi connectivity index (χ1v) is 7.29. The molecule has 2 unspecified atom stereocenters. The Morgan fingerprint density at radius 1 is 1.39 bits per heavy atom. The van der Waals surface area contributed by atoms with Crippen molar-refractivity contribution in [1.82, 2.24) is 5.32 Å². The van der Waals surface area contributed by atoms with Crippen molar-refractivity contribution < 1.29 is 4.74 Å². The Bertz CT molecular complexity index is 417. The van der Waals surface area contributed by atoms with E-state index in [2.05, 4.69) is 29.6 Å². The molecule has 0 amide bonds. The van der Waals surface area contributed by atoms with E-state index >= 15 is 0 Å². The van der Waals surface area contributed by atoms with Crippen LogP contribution in [0.2, 0.25) is 0 Å². The zero-order valence-electron chi connectivity index (χ0n) is 11.2. The minimum Gasteiger partial charge on any atom is -0.494 e. The second kappa shape index (κ2) is 4.93. The summed E-state index contributed by atoms with van der Waals surface area (Å²) < 4.78 is 5.67. The van der Waals surface area contributed by atoms with Gasteiger partial charge in [0.05, 0.1) is 6.61 Å². The smallest absolute Gasteiger partial charge is 0.119 e. The number of benzene rings is 1. The highest BCUT2D eigenvalue weighted by Crippen LogP contribution is 2.49. The first kappa shape index (κ1) is 12.0. The van der Waals surface area contributed by atoms with Gasteiger partial charge in [0.2, 0.25) is 0 Å². The van der Waals surface area contributed by atoms with Crippen LogP contribution in [0.5, 0.6) is 5.75 Å². The maximum absolute atomic E-state index is 5.67. The summed E-state index contributed by atoms with van der Waals surface area (Å²) in [6, 6.07) is 8.83. The molecule has 1 aliphatic carbocycles. The van der Waals surface area contributed by atoms with E-state index in [1.807, 2.05) is 6.92 Å². The molecule has 2 heteroatoms. The molecule has 2 nitrogen and oxygen atoms in total. The molecule has 1 saturated carbocycles. The summed E-state index contributed by atoms with van der Waals surface area (Å²) in [7, 11) is 0. The van der Waals surface area contributed by atoms with E-state index < -0.39 is 0 Å². The van der Waals surface area contributed by atoms with Crippen LogP contribution in [0, 0.1) is 5.92 Å². The van der Waals surface area contributed by atoms with Gasteiger partial charge in [-0.25, -0.2) is 0 Å². The third-order valence-corrected chi connectivity index (χ3v) is 4.82. The van der Waals surface area contributed by atoms with Crippen LogP contribution in [0.4, 0.5) is 0 Å². The topological polar surface area (TPSA) is 21.3 Å². The predicted molar refractivity (Wildman–Crippen MR) is 74.1 cm³/mol. The lowest BCUT2D eigenvalue weighted by Gasteiger charge is -2.40. The molecular formula is C16H23NO. The first-order chi connectivity index (χ1) is 8.85. The molecule has 1 aromatic carbocycles. The summed E-state index contributed by atoms with van der Waals surface area (Å²) in [4.78, 5) is 0. The molecule has 3 rings (SSSR count). The maximum Gasteiger partial charge on any atom is 0.119 e. The average Bonchev–Trinajstić information content (AvgIpc) is 2.84. The highest BCUT2D eigenvalue weighted by molar-refractivity contribution is 5.36. The second-order valence-electron chi connectivity index (χ2n) is 5.66. The molecule has 98 valence electrons. The van der Waals surface area contributed by atoms with Crippen molar-refractivity contribution in [2.75, 3.05) is 19.7 Å². The van der Waals surface area contributed by atoms with Gasteiger partial charge in [-0.2, -0.15) is 0 Å². The van der Waals surface area contributed by atoms with Crippen LogP contribution in [-0.4, -0.2) is 19.7 Å². The van der Waals surface area contributed by atoms with Crippen molar-refractivity contribution in [1.29, 1.82) is 0 Å². The van der Waals surface area contributed by atoms with Gasteiger partial charge in [0, 0.05) is 5.41 Å². The van der Waals surface area contributed by atoms with Gasteiger partial charge in [0.15, 0.2) is 0 Å². The summed E-state index contributed by atoms with van der Waals surface area (Å²) in [5.74, 6) is 1.86. The van der Waals surface area contributed by atoms with Crippen molar-refractivity contribution in [3.8, 4) is 5.75 Å². The van der Waals surface area contributed by atoms with Crippen molar-refractivity contribution in [3.05, 3.63) is 29.8 Å². The molecule has 18 heavy (non-hydrogen) atoms. The van der Waals surface area contributed by atoms with Crippen LogP contribution >= 0.6 is 0 Å². The Labute approximate surface area is 110 Å². The zero-order chi connectivity index (χ0) is 12.4. The van der Waals surface area contributed by atoms with Crippen LogP contribution in [0.15, 0.2) is 24.3 Å². The molecule has 2 fully saturated rings. The molecule has 1 heterocycles. The summed E-state index contributed by atoms with van der Waals surface area (Å²) in [6.45, 7) is 5.16.